The molecule has 1 N–H and O–H groups in total. The molecule has 0 heterocycles. The van der Waals surface area contributed by atoms with E-state index in [-0.39, 0.29) is 23.7 Å². The van der Waals surface area contributed by atoms with Gasteiger partial charge in [-0.3, -0.25) is 0 Å². The summed E-state index contributed by atoms with van der Waals surface area (Å²) in [7, 11) is 0. The Morgan fingerprint density at radius 3 is 2.38 bits per heavy atom. The van der Waals surface area contributed by atoms with E-state index in [1.165, 1.54) is 24.3 Å². The fourth-order valence-corrected chi connectivity index (χ4v) is 2.06. The highest BCUT2D eigenvalue weighted by atomic mass is 35.5. The molecular weight excluding hydrogens is 306 g/mol. The Labute approximate surface area is 124 Å². The molecule has 0 saturated heterocycles. The van der Waals surface area contributed by atoms with E-state index in [9.17, 15) is 17.6 Å². The van der Waals surface area contributed by atoms with Crippen LogP contribution in [-0.2, 0) is 19.3 Å². The lowest BCUT2D eigenvalue weighted by Gasteiger charge is -2.13. The lowest BCUT2D eigenvalue weighted by atomic mass is 10.1. The SMILES string of the molecule is Fc1cc(CNCc2ccccc2C(F)(F)F)ccc1Cl. The summed E-state index contributed by atoms with van der Waals surface area (Å²) in [6, 6.07) is 9.64. The summed E-state index contributed by atoms with van der Waals surface area (Å²) in [6.07, 6.45) is -4.38. The van der Waals surface area contributed by atoms with Crippen molar-refractivity contribution in [1.29, 1.82) is 0 Å². The Kier molecular flexibility index (Phi) is 4.85. The van der Waals surface area contributed by atoms with Gasteiger partial charge in [0, 0.05) is 13.1 Å². The zero-order chi connectivity index (χ0) is 15.5. The molecule has 2 rings (SSSR count). The van der Waals surface area contributed by atoms with Gasteiger partial charge in [-0.25, -0.2) is 4.39 Å². The molecule has 0 fully saturated rings. The standard InChI is InChI=1S/C15H12ClF4N/c16-13-6-5-10(7-14(13)17)8-21-9-11-3-1-2-4-12(11)15(18,19)20/h1-7,21H,8-9H2. The predicted octanol–water partition coefficient (Wildman–Crippen LogP) is 4.79. The molecule has 0 aliphatic rings. The first-order valence-electron chi connectivity index (χ1n) is 6.17. The Hall–Kier alpha value is -1.59. The van der Waals surface area contributed by atoms with Crippen LogP contribution < -0.4 is 5.32 Å². The Balaban J connectivity index is 2.02. The van der Waals surface area contributed by atoms with Crippen LogP contribution in [0.1, 0.15) is 16.7 Å². The highest BCUT2D eigenvalue weighted by molar-refractivity contribution is 6.30. The van der Waals surface area contributed by atoms with Gasteiger partial charge in [0.2, 0.25) is 0 Å². The number of rotatable bonds is 4. The van der Waals surface area contributed by atoms with Crippen LogP contribution in [-0.4, -0.2) is 0 Å². The predicted molar refractivity (Wildman–Crippen MR) is 73.4 cm³/mol. The molecule has 1 nitrogen and oxygen atoms in total. The normalized spacial score (nSPS) is 11.7. The molecule has 0 aliphatic heterocycles. The van der Waals surface area contributed by atoms with Gasteiger partial charge in [-0.1, -0.05) is 35.9 Å². The Morgan fingerprint density at radius 2 is 1.71 bits per heavy atom. The van der Waals surface area contributed by atoms with Crippen molar-refractivity contribution < 1.29 is 17.6 Å². The average Bonchev–Trinajstić information content (AvgIpc) is 2.42. The highest BCUT2D eigenvalue weighted by Crippen LogP contribution is 2.31. The fourth-order valence-electron chi connectivity index (χ4n) is 1.94. The summed E-state index contributed by atoms with van der Waals surface area (Å²) < 4.78 is 51.7. The third-order valence-electron chi connectivity index (χ3n) is 2.95. The van der Waals surface area contributed by atoms with E-state index in [4.69, 9.17) is 11.6 Å². The van der Waals surface area contributed by atoms with Crippen LogP contribution in [0, 0.1) is 5.82 Å². The van der Waals surface area contributed by atoms with Gasteiger partial charge in [-0.05, 0) is 29.3 Å². The summed E-state index contributed by atoms with van der Waals surface area (Å²) in [5.41, 5.74) is 0.0978. The molecule has 2 aromatic carbocycles. The fraction of sp³-hybridized carbons (Fsp3) is 0.200. The van der Waals surface area contributed by atoms with Crippen molar-refractivity contribution in [3.8, 4) is 0 Å². The highest BCUT2D eigenvalue weighted by Gasteiger charge is 2.32. The van der Waals surface area contributed by atoms with Crippen molar-refractivity contribution in [2.75, 3.05) is 0 Å². The topological polar surface area (TPSA) is 12.0 Å². The molecule has 0 aliphatic carbocycles. The number of halogens is 5. The summed E-state index contributed by atoms with van der Waals surface area (Å²) in [6.45, 7) is 0.292. The average molecular weight is 318 g/mol. The minimum Gasteiger partial charge on any atom is -0.309 e. The van der Waals surface area contributed by atoms with Crippen LogP contribution >= 0.6 is 11.6 Å². The zero-order valence-corrected chi connectivity index (χ0v) is 11.6. The lowest BCUT2D eigenvalue weighted by molar-refractivity contribution is -0.138. The molecule has 0 aromatic heterocycles. The number of benzene rings is 2. The first-order chi connectivity index (χ1) is 9.88. The molecule has 0 unspecified atom stereocenters. The second kappa shape index (κ2) is 6.45. The van der Waals surface area contributed by atoms with Gasteiger partial charge in [-0.15, -0.1) is 0 Å². The molecule has 21 heavy (non-hydrogen) atoms. The molecule has 0 radical (unpaired) electrons. The lowest BCUT2D eigenvalue weighted by Crippen LogP contribution is -2.17. The van der Waals surface area contributed by atoms with E-state index >= 15 is 0 Å². The largest absolute Gasteiger partial charge is 0.416 e. The van der Waals surface area contributed by atoms with Crippen LogP contribution in [0.3, 0.4) is 0 Å². The molecule has 2 aromatic rings. The summed E-state index contributed by atoms with van der Waals surface area (Å²) >= 11 is 5.56. The number of hydrogen-bond donors (Lipinski definition) is 1. The van der Waals surface area contributed by atoms with Crippen LogP contribution in [0.5, 0.6) is 0 Å². The van der Waals surface area contributed by atoms with Gasteiger partial charge < -0.3 is 5.32 Å². The van der Waals surface area contributed by atoms with E-state index in [1.807, 2.05) is 0 Å². The second-order valence-corrected chi connectivity index (χ2v) is 4.91. The van der Waals surface area contributed by atoms with Crippen molar-refractivity contribution in [2.24, 2.45) is 0 Å². The van der Waals surface area contributed by atoms with Gasteiger partial charge in [0.05, 0.1) is 10.6 Å². The van der Waals surface area contributed by atoms with Crippen molar-refractivity contribution in [2.45, 2.75) is 19.3 Å². The van der Waals surface area contributed by atoms with E-state index < -0.39 is 17.6 Å². The first kappa shape index (κ1) is 15.8. The van der Waals surface area contributed by atoms with Crippen LogP contribution in [0.4, 0.5) is 17.6 Å². The number of hydrogen-bond acceptors (Lipinski definition) is 1. The molecule has 0 saturated carbocycles. The van der Waals surface area contributed by atoms with Crippen molar-refractivity contribution >= 4 is 11.6 Å². The molecule has 0 atom stereocenters. The molecule has 112 valence electrons. The van der Waals surface area contributed by atoms with Crippen LogP contribution in [0.2, 0.25) is 5.02 Å². The van der Waals surface area contributed by atoms with E-state index in [0.717, 1.165) is 6.07 Å². The third-order valence-corrected chi connectivity index (χ3v) is 3.26. The van der Waals surface area contributed by atoms with Crippen molar-refractivity contribution in [3.63, 3.8) is 0 Å². The van der Waals surface area contributed by atoms with Crippen molar-refractivity contribution in [1.82, 2.24) is 5.32 Å². The molecule has 0 bridgehead atoms. The number of nitrogens with one attached hydrogen (secondary N) is 1. The van der Waals surface area contributed by atoms with E-state index in [1.54, 1.807) is 12.1 Å². The van der Waals surface area contributed by atoms with Gasteiger partial charge in [0.1, 0.15) is 5.82 Å². The first-order valence-corrected chi connectivity index (χ1v) is 6.55. The van der Waals surface area contributed by atoms with Crippen LogP contribution in [0.25, 0.3) is 0 Å². The van der Waals surface area contributed by atoms with Gasteiger partial charge in [0.25, 0.3) is 0 Å². The number of alkyl halides is 3. The third kappa shape index (κ3) is 4.19. The molecule has 0 spiro atoms. The van der Waals surface area contributed by atoms with Crippen molar-refractivity contribution in [3.05, 3.63) is 70.0 Å². The molecule has 6 heteroatoms. The van der Waals surface area contributed by atoms with E-state index in [0.29, 0.717) is 5.56 Å². The smallest absolute Gasteiger partial charge is 0.309 e. The maximum absolute atomic E-state index is 13.2. The zero-order valence-electron chi connectivity index (χ0n) is 10.8. The van der Waals surface area contributed by atoms with Gasteiger partial charge in [-0.2, -0.15) is 13.2 Å². The summed E-state index contributed by atoms with van der Waals surface area (Å²) in [5, 5.41) is 2.88. The monoisotopic (exact) mass is 317 g/mol. The maximum Gasteiger partial charge on any atom is 0.416 e. The molecular formula is C15H12ClF4N. The second-order valence-electron chi connectivity index (χ2n) is 4.51. The quantitative estimate of drug-likeness (QED) is 0.800. The Morgan fingerprint density at radius 1 is 1.00 bits per heavy atom. The minimum absolute atomic E-state index is 0.0150. The van der Waals surface area contributed by atoms with Gasteiger partial charge in [0.15, 0.2) is 0 Å². The maximum atomic E-state index is 13.2. The van der Waals surface area contributed by atoms with Gasteiger partial charge >= 0.3 is 6.18 Å². The van der Waals surface area contributed by atoms with Crippen LogP contribution in [0.15, 0.2) is 42.5 Å². The van der Waals surface area contributed by atoms with E-state index in [2.05, 4.69) is 5.32 Å². The minimum atomic E-state index is -4.38. The summed E-state index contributed by atoms with van der Waals surface area (Å²) in [5.74, 6) is -0.549. The Bertz CT molecular complexity index is 625. The summed E-state index contributed by atoms with van der Waals surface area (Å²) in [4.78, 5) is 0. The molecule has 0 amide bonds.